The molecule has 2 N–H and O–H groups in total. The molecule has 0 atom stereocenters. The summed E-state index contributed by atoms with van der Waals surface area (Å²) in [5, 5.41) is 11.7. The monoisotopic (exact) mass is 305 g/mol. The van der Waals surface area contributed by atoms with Gasteiger partial charge in [0.05, 0.1) is 18.0 Å². The SMILES string of the molecule is O=C(CCC1CCCC1)NCc1ccc(C#CCCO)s1. The summed E-state index contributed by atoms with van der Waals surface area (Å²) in [6.45, 7) is 0.693. The highest BCUT2D eigenvalue weighted by atomic mass is 32.1. The van der Waals surface area contributed by atoms with Gasteiger partial charge >= 0.3 is 0 Å². The molecule has 3 nitrogen and oxygen atoms in total. The Kier molecular flexibility index (Phi) is 6.78. The molecule has 4 heteroatoms. The van der Waals surface area contributed by atoms with Crippen LogP contribution in [0.5, 0.6) is 0 Å². The van der Waals surface area contributed by atoms with Crippen LogP contribution in [-0.4, -0.2) is 17.6 Å². The molecular weight excluding hydrogens is 282 g/mol. The number of carbonyl (C=O) groups is 1. The molecule has 0 unspecified atom stereocenters. The van der Waals surface area contributed by atoms with Crippen molar-refractivity contribution in [2.75, 3.05) is 6.61 Å². The lowest BCUT2D eigenvalue weighted by molar-refractivity contribution is -0.121. The summed E-state index contributed by atoms with van der Waals surface area (Å²) >= 11 is 1.60. The summed E-state index contributed by atoms with van der Waals surface area (Å²) < 4.78 is 0. The van der Waals surface area contributed by atoms with Crippen LogP contribution in [0.2, 0.25) is 0 Å². The molecule has 1 fully saturated rings. The van der Waals surface area contributed by atoms with Gasteiger partial charge in [-0.15, -0.1) is 11.3 Å². The molecule has 1 aromatic heterocycles. The van der Waals surface area contributed by atoms with E-state index in [9.17, 15) is 4.79 Å². The van der Waals surface area contributed by atoms with E-state index >= 15 is 0 Å². The van der Waals surface area contributed by atoms with Crippen LogP contribution >= 0.6 is 11.3 Å². The number of thiophene rings is 1. The molecule has 1 saturated carbocycles. The maximum absolute atomic E-state index is 11.8. The Morgan fingerprint density at radius 1 is 1.38 bits per heavy atom. The molecule has 0 aliphatic heterocycles. The quantitative estimate of drug-likeness (QED) is 0.794. The van der Waals surface area contributed by atoms with Crippen LogP contribution in [0.15, 0.2) is 12.1 Å². The summed E-state index contributed by atoms with van der Waals surface area (Å²) in [5.41, 5.74) is 0. The third-order valence-corrected chi connectivity index (χ3v) is 4.82. The number of amides is 1. The fourth-order valence-electron chi connectivity index (χ4n) is 2.65. The first-order valence-electron chi connectivity index (χ1n) is 7.73. The van der Waals surface area contributed by atoms with Crippen molar-refractivity contribution in [1.82, 2.24) is 5.32 Å². The molecule has 0 saturated heterocycles. The van der Waals surface area contributed by atoms with Crippen molar-refractivity contribution in [1.29, 1.82) is 0 Å². The van der Waals surface area contributed by atoms with Gasteiger partial charge in [0, 0.05) is 17.7 Å². The van der Waals surface area contributed by atoms with Gasteiger partial charge in [0.1, 0.15) is 0 Å². The van der Waals surface area contributed by atoms with E-state index in [1.165, 1.54) is 25.7 Å². The van der Waals surface area contributed by atoms with Crippen molar-refractivity contribution in [3.63, 3.8) is 0 Å². The van der Waals surface area contributed by atoms with Gasteiger partial charge in [0.25, 0.3) is 0 Å². The second-order valence-electron chi connectivity index (χ2n) is 5.51. The van der Waals surface area contributed by atoms with E-state index in [0.29, 0.717) is 19.4 Å². The zero-order chi connectivity index (χ0) is 14.9. The molecule has 1 aliphatic rings. The fourth-order valence-corrected chi connectivity index (χ4v) is 3.48. The molecule has 1 aliphatic carbocycles. The minimum absolute atomic E-state index is 0.0995. The second-order valence-corrected chi connectivity index (χ2v) is 6.68. The largest absolute Gasteiger partial charge is 0.395 e. The maximum Gasteiger partial charge on any atom is 0.220 e. The molecule has 0 bridgehead atoms. The predicted octanol–water partition coefficient (Wildman–Crippen LogP) is 3.07. The molecular formula is C17H23NO2S. The molecule has 114 valence electrons. The topological polar surface area (TPSA) is 49.3 Å². The van der Waals surface area contributed by atoms with Gasteiger partial charge in [-0.3, -0.25) is 4.79 Å². The smallest absolute Gasteiger partial charge is 0.220 e. The molecule has 21 heavy (non-hydrogen) atoms. The van der Waals surface area contributed by atoms with E-state index in [4.69, 9.17) is 5.11 Å². The maximum atomic E-state index is 11.8. The Hall–Kier alpha value is -1.31. The Morgan fingerprint density at radius 3 is 2.95 bits per heavy atom. The number of aliphatic hydroxyl groups is 1. The van der Waals surface area contributed by atoms with Gasteiger partial charge in [0.15, 0.2) is 0 Å². The van der Waals surface area contributed by atoms with Gasteiger partial charge in [-0.05, 0) is 24.5 Å². The van der Waals surface area contributed by atoms with E-state index in [0.717, 1.165) is 22.1 Å². The van der Waals surface area contributed by atoms with Crippen molar-refractivity contribution in [2.24, 2.45) is 5.92 Å². The van der Waals surface area contributed by atoms with E-state index < -0.39 is 0 Å². The highest BCUT2D eigenvalue weighted by Gasteiger charge is 2.15. The number of aliphatic hydroxyl groups excluding tert-OH is 1. The summed E-state index contributed by atoms with van der Waals surface area (Å²) in [5.74, 6) is 6.84. The lowest BCUT2D eigenvalue weighted by Crippen LogP contribution is -2.22. The lowest BCUT2D eigenvalue weighted by Gasteiger charge is -2.08. The third kappa shape index (κ3) is 5.91. The van der Waals surface area contributed by atoms with Gasteiger partial charge in [0.2, 0.25) is 5.91 Å². The van der Waals surface area contributed by atoms with E-state index in [-0.39, 0.29) is 12.5 Å². The summed E-state index contributed by atoms with van der Waals surface area (Å²) in [6, 6.07) is 3.97. The van der Waals surface area contributed by atoms with Crippen LogP contribution in [0.1, 0.15) is 54.7 Å². The standard InChI is InChI=1S/C17H23NO2S/c19-12-4-3-7-15-9-10-16(21-15)13-18-17(20)11-8-14-5-1-2-6-14/h9-10,14,19H,1-2,4-6,8,11-13H2,(H,18,20). The van der Waals surface area contributed by atoms with Crippen LogP contribution in [0.3, 0.4) is 0 Å². The highest BCUT2D eigenvalue weighted by Crippen LogP contribution is 2.28. The molecule has 0 radical (unpaired) electrons. The fraction of sp³-hybridized carbons (Fsp3) is 0.588. The molecule has 0 spiro atoms. The third-order valence-electron chi connectivity index (χ3n) is 3.82. The van der Waals surface area contributed by atoms with Crippen LogP contribution in [-0.2, 0) is 11.3 Å². The predicted molar refractivity (Wildman–Crippen MR) is 85.9 cm³/mol. The first-order chi connectivity index (χ1) is 10.3. The summed E-state index contributed by atoms with van der Waals surface area (Å²) in [4.78, 5) is 13.9. The van der Waals surface area contributed by atoms with Crippen molar-refractivity contribution >= 4 is 17.2 Å². The van der Waals surface area contributed by atoms with Crippen molar-refractivity contribution in [3.05, 3.63) is 21.9 Å². The van der Waals surface area contributed by atoms with Crippen molar-refractivity contribution < 1.29 is 9.90 Å². The first-order valence-corrected chi connectivity index (χ1v) is 8.54. The number of hydrogen-bond acceptors (Lipinski definition) is 3. The zero-order valence-corrected chi connectivity index (χ0v) is 13.2. The number of hydrogen-bond donors (Lipinski definition) is 2. The van der Waals surface area contributed by atoms with Crippen LogP contribution < -0.4 is 5.32 Å². The molecule has 1 aromatic rings. The van der Waals surface area contributed by atoms with Gasteiger partial charge in [-0.25, -0.2) is 0 Å². The number of rotatable bonds is 6. The Labute approximate surface area is 130 Å². The average molecular weight is 305 g/mol. The van der Waals surface area contributed by atoms with E-state index in [1.807, 2.05) is 12.1 Å². The Bertz CT molecular complexity index is 506. The first kappa shape index (κ1) is 16.1. The molecule has 0 aromatic carbocycles. The zero-order valence-electron chi connectivity index (χ0n) is 12.4. The van der Waals surface area contributed by atoms with Gasteiger partial charge < -0.3 is 10.4 Å². The lowest BCUT2D eigenvalue weighted by atomic mass is 10.0. The van der Waals surface area contributed by atoms with Crippen LogP contribution in [0.25, 0.3) is 0 Å². The van der Waals surface area contributed by atoms with E-state index in [2.05, 4.69) is 17.2 Å². The molecule has 1 amide bonds. The number of carbonyl (C=O) groups excluding carboxylic acids is 1. The van der Waals surface area contributed by atoms with Crippen LogP contribution in [0, 0.1) is 17.8 Å². The minimum Gasteiger partial charge on any atom is -0.395 e. The van der Waals surface area contributed by atoms with Gasteiger partial charge in [-0.1, -0.05) is 37.5 Å². The molecule has 1 heterocycles. The summed E-state index contributed by atoms with van der Waals surface area (Å²) in [7, 11) is 0. The van der Waals surface area contributed by atoms with Crippen molar-refractivity contribution in [3.8, 4) is 11.8 Å². The highest BCUT2D eigenvalue weighted by molar-refractivity contribution is 7.12. The average Bonchev–Trinajstić information content (AvgIpc) is 3.15. The van der Waals surface area contributed by atoms with Crippen molar-refractivity contribution in [2.45, 2.75) is 51.5 Å². The molecule has 2 rings (SSSR count). The van der Waals surface area contributed by atoms with Crippen LogP contribution in [0.4, 0.5) is 0 Å². The summed E-state index contributed by atoms with van der Waals surface area (Å²) in [6.07, 6.45) is 7.46. The Morgan fingerprint density at radius 2 is 2.19 bits per heavy atom. The second kappa shape index (κ2) is 8.86. The normalized spacial score (nSPS) is 14.7. The Balaban J connectivity index is 1.67. The van der Waals surface area contributed by atoms with Gasteiger partial charge in [-0.2, -0.15) is 0 Å². The van der Waals surface area contributed by atoms with E-state index in [1.54, 1.807) is 11.3 Å². The number of nitrogens with one attached hydrogen (secondary N) is 1. The minimum atomic E-state index is 0.0995.